The van der Waals surface area contributed by atoms with Gasteiger partial charge in [-0.15, -0.1) is 0 Å². The Bertz CT molecular complexity index is 1120. The summed E-state index contributed by atoms with van der Waals surface area (Å²) >= 11 is 0. The molecule has 1 saturated carbocycles. The number of hydrogen-bond donors (Lipinski definition) is 3. The molecule has 2 bridgehead atoms. The molecule has 1 fully saturated rings. The Labute approximate surface area is 222 Å². The van der Waals surface area contributed by atoms with Gasteiger partial charge in [0.2, 0.25) is 17.7 Å². The van der Waals surface area contributed by atoms with Crippen LogP contribution in [0.2, 0.25) is 0 Å². The van der Waals surface area contributed by atoms with E-state index in [1.165, 1.54) is 17.0 Å². The van der Waals surface area contributed by atoms with Crippen LogP contribution in [-0.2, 0) is 20.8 Å². The average molecular weight is 527 g/mol. The van der Waals surface area contributed by atoms with Gasteiger partial charge >= 0.3 is 0 Å². The summed E-state index contributed by atoms with van der Waals surface area (Å²) in [5, 5.41) is 8.89. The number of ether oxygens (including phenoxy) is 2. The van der Waals surface area contributed by atoms with Gasteiger partial charge in [-0.1, -0.05) is 18.2 Å². The second-order valence-corrected chi connectivity index (χ2v) is 9.75. The molecule has 1 aliphatic heterocycles. The maximum atomic E-state index is 13.4. The Balaban J connectivity index is 1.53. The minimum Gasteiger partial charge on any atom is -0.492 e. The van der Waals surface area contributed by atoms with Crippen LogP contribution in [0.5, 0.6) is 11.5 Å². The summed E-state index contributed by atoms with van der Waals surface area (Å²) in [5.41, 5.74) is 0.688. The largest absolute Gasteiger partial charge is 0.492 e. The number of nitrogens with zero attached hydrogens (tertiary/aromatic N) is 1. The molecule has 2 aliphatic rings. The average Bonchev–Trinajstić information content (AvgIpc) is 3.75. The number of amides is 3. The monoisotopic (exact) mass is 526 g/mol. The van der Waals surface area contributed by atoms with Crippen LogP contribution in [0.4, 0.5) is 4.39 Å². The Hall–Kier alpha value is -3.66. The van der Waals surface area contributed by atoms with Crippen molar-refractivity contribution in [1.29, 1.82) is 0 Å². The molecule has 3 atom stereocenters. The number of benzene rings is 2. The summed E-state index contributed by atoms with van der Waals surface area (Å²) in [6.07, 6.45) is 2.05. The number of halogens is 1. The second kappa shape index (κ2) is 12.7. The van der Waals surface area contributed by atoms with Crippen molar-refractivity contribution < 1.29 is 28.2 Å². The van der Waals surface area contributed by atoms with E-state index in [1.54, 1.807) is 38.2 Å². The van der Waals surface area contributed by atoms with Gasteiger partial charge in [-0.25, -0.2) is 4.39 Å². The molecule has 0 radical (unpaired) electrons. The van der Waals surface area contributed by atoms with Gasteiger partial charge in [0.1, 0.15) is 42.6 Å². The molecular weight excluding hydrogens is 491 g/mol. The zero-order valence-electron chi connectivity index (χ0n) is 21.7. The fraction of sp³-hybridized carbons (Fsp3) is 0.464. The molecule has 1 aliphatic carbocycles. The van der Waals surface area contributed by atoms with Gasteiger partial charge in [-0.2, -0.15) is 0 Å². The third-order valence-electron chi connectivity index (χ3n) is 6.86. The van der Waals surface area contributed by atoms with E-state index in [0.717, 1.165) is 12.8 Å². The quantitative estimate of drug-likeness (QED) is 0.562. The fourth-order valence-corrected chi connectivity index (χ4v) is 4.33. The fourth-order valence-electron chi connectivity index (χ4n) is 4.33. The zero-order valence-corrected chi connectivity index (χ0v) is 21.7. The number of nitrogens with one attached hydrogen (secondary N) is 3. The van der Waals surface area contributed by atoms with Crippen molar-refractivity contribution in [1.82, 2.24) is 20.9 Å². The van der Waals surface area contributed by atoms with Crippen molar-refractivity contribution in [2.45, 2.75) is 44.3 Å². The Morgan fingerprint density at radius 2 is 1.61 bits per heavy atom. The summed E-state index contributed by atoms with van der Waals surface area (Å²) in [6, 6.07) is 10.8. The van der Waals surface area contributed by atoms with Crippen molar-refractivity contribution in [3.63, 3.8) is 0 Å². The normalized spacial score (nSPS) is 24.1. The molecule has 3 N–H and O–H groups in total. The van der Waals surface area contributed by atoms with Crippen LogP contribution >= 0.6 is 0 Å². The second-order valence-electron chi connectivity index (χ2n) is 9.75. The van der Waals surface area contributed by atoms with Gasteiger partial charge in [0.15, 0.2) is 0 Å². The zero-order chi connectivity index (χ0) is 27.1. The van der Waals surface area contributed by atoms with E-state index in [2.05, 4.69) is 16.0 Å². The van der Waals surface area contributed by atoms with Crippen LogP contribution in [0, 0.1) is 11.7 Å². The topological polar surface area (TPSA) is 109 Å². The molecular formula is C28H35FN4O5. The number of carbonyl (C=O) groups is 3. The Morgan fingerprint density at radius 1 is 0.947 bits per heavy atom. The molecule has 3 amide bonds. The maximum absolute atomic E-state index is 13.4. The summed E-state index contributed by atoms with van der Waals surface area (Å²) in [4.78, 5) is 41.0. The summed E-state index contributed by atoms with van der Waals surface area (Å²) in [7, 11) is 1.60. The first-order valence-corrected chi connectivity index (χ1v) is 13.0. The number of carbonyl (C=O) groups excluding carboxylic acids is 3. The molecule has 0 unspecified atom stereocenters. The molecule has 204 valence electrons. The Morgan fingerprint density at radius 3 is 2.26 bits per heavy atom. The van der Waals surface area contributed by atoms with Crippen molar-refractivity contribution in [3.8, 4) is 11.5 Å². The lowest BCUT2D eigenvalue weighted by atomic mass is 10.0. The molecule has 38 heavy (non-hydrogen) atoms. The smallest absolute Gasteiger partial charge is 0.243 e. The first-order chi connectivity index (χ1) is 18.3. The first-order valence-electron chi connectivity index (χ1n) is 13.0. The number of rotatable bonds is 3. The summed E-state index contributed by atoms with van der Waals surface area (Å²) in [5.74, 6) is 0.0277. The lowest BCUT2D eigenvalue weighted by molar-refractivity contribution is -0.141. The standard InChI is InChI=1S/C28H35FN4O5/c1-18-26(34)32-24(16-19-6-10-21(29)11-7-19)27(35)31-13-15-38-23-5-3-4-22(17-23)37-14-12-30-25(20-8-9-20)28(36)33(18)2/h3-7,10-11,17-18,20,24-25,30H,8-9,12-16H2,1-2H3,(H,31,35)(H,32,34)/t18-,24-,25+/m1/s1. The first kappa shape index (κ1) is 27.4. The van der Waals surface area contributed by atoms with Crippen molar-refractivity contribution in [2.24, 2.45) is 5.92 Å². The van der Waals surface area contributed by atoms with Crippen LogP contribution in [0.15, 0.2) is 48.5 Å². The van der Waals surface area contributed by atoms with Gasteiger partial charge in [-0.3, -0.25) is 14.4 Å². The van der Waals surface area contributed by atoms with E-state index in [1.807, 2.05) is 12.1 Å². The van der Waals surface area contributed by atoms with Crippen LogP contribution < -0.4 is 25.4 Å². The van der Waals surface area contributed by atoms with Crippen molar-refractivity contribution in [3.05, 3.63) is 59.9 Å². The van der Waals surface area contributed by atoms with Crippen LogP contribution in [0.3, 0.4) is 0 Å². The van der Waals surface area contributed by atoms with E-state index < -0.39 is 29.9 Å². The lowest BCUT2D eigenvalue weighted by Crippen LogP contribution is -2.57. The maximum Gasteiger partial charge on any atom is 0.243 e. The molecule has 9 nitrogen and oxygen atoms in total. The molecule has 0 aromatic heterocycles. The number of fused-ring (bicyclic) bond motifs is 2. The highest BCUT2D eigenvalue weighted by atomic mass is 19.1. The van der Waals surface area contributed by atoms with E-state index in [4.69, 9.17) is 9.47 Å². The highest BCUT2D eigenvalue weighted by molar-refractivity contribution is 5.93. The van der Waals surface area contributed by atoms with E-state index >= 15 is 0 Å². The number of likely N-dealkylation sites (N-methyl/N-ethyl adjacent to an activating group) is 1. The van der Waals surface area contributed by atoms with Gasteiger partial charge in [0, 0.05) is 26.1 Å². The van der Waals surface area contributed by atoms with Gasteiger partial charge in [0.05, 0.1) is 12.6 Å². The molecule has 4 rings (SSSR count). The third kappa shape index (κ3) is 7.44. The van der Waals surface area contributed by atoms with Crippen LogP contribution in [0.25, 0.3) is 0 Å². The van der Waals surface area contributed by atoms with Crippen molar-refractivity contribution in [2.75, 3.05) is 33.4 Å². The summed E-state index contributed by atoms with van der Waals surface area (Å²) in [6.45, 7) is 2.88. The third-order valence-corrected chi connectivity index (χ3v) is 6.86. The van der Waals surface area contributed by atoms with E-state index in [9.17, 15) is 18.8 Å². The molecule has 10 heteroatoms. The molecule has 0 spiro atoms. The van der Waals surface area contributed by atoms with Gasteiger partial charge in [-0.05, 0) is 55.5 Å². The molecule has 2 aromatic carbocycles. The molecule has 2 aromatic rings. The van der Waals surface area contributed by atoms with Crippen LogP contribution in [-0.4, -0.2) is 74.1 Å². The Kier molecular flexibility index (Phi) is 9.17. The van der Waals surface area contributed by atoms with Gasteiger partial charge in [0.25, 0.3) is 0 Å². The molecule has 0 saturated heterocycles. The minimum absolute atomic E-state index is 0.161. The van der Waals surface area contributed by atoms with E-state index in [0.29, 0.717) is 30.2 Å². The predicted octanol–water partition coefficient (Wildman–Crippen LogP) is 1.66. The minimum atomic E-state index is -0.921. The predicted molar refractivity (Wildman–Crippen MR) is 139 cm³/mol. The van der Waals surface area contributed by atoms with Gasteiger partial charge < -0.3 is 30.3 Å². The molecule has 1 heterocycles. The van der Waals surface area contributed by atoms with Crippen LogP contribution in [0.1, 0.15) is 25.3 Å². The number of hydrogen-bond acceptors (Lipinski definition) is 6. The highest BCUT2D eigenvalue weighted by Crippen LogP contribution is 2.33. The van der Waals surface area contributed by atoms with E-state index in [-0.39, 0.29) is 37.2 Å². The van der Waals surface area contributed by atoms with Crippen molar-refractivity contribution >= 4 is 17.7 Å². The lowest BCUT2D eigenvalue weighted by Gasteiger charge is -2.30. The SMILES string of the molecule is C[C@@H]1C(=O)N[C@H](Cc2ccc(F)cc2)C(=O)NCCOc2cccc(c2)OCCN[C@@H](C2CC2)C(=O)N1C. The highest BCUT2D eigenvalue weighted by Gasteiger charge is 2.39. The summed E-state index contributed by atoms with van der Waals surface area (Å²) < 4.78 is 25.0.